The highest BCUT2D eigenvalue weighted by Gasteiger charge is 2.33. The molecule has 0 bridgehead atoms. The normalized spacial score (nSPS) is 21.8. The lowest BCUT2D eigenvalue weighted by Gasteiger charge is -2.21. The molecule has 0 radical (unpaired) electrons. The van der Waals surface area contributed by atoms with E-state index in [1.807, 2.05) is 6.92 Å². The number of rotatable bonds is 3. The number of hydrogen-bond acceptors (Lipinski definition) is 3. The predicted octanol–water partition coefficient (Wildman–Crippen LogP) is 2.25. The summed E-state index contributed by atoms with van der Waals surface area (Å²) in [6.07, 6.45) is 0.596. The summed E-state index contributed by atoms with van der Waals surface area (Å²) in [5, 5.41) is 6.37. The molecule has 1 aromatic rings. The molecule has 0 spiro atoms. The Hall–Kier alpha value is -1.98. The van der Waals surface area contributed by atoms with Gasteiger partial charge in [-0.3, -0.25) is 4.79 Å². The van der Waals surface area contributed by atoms with Crippen molar-refractivity contribution < 1.29 is 18.4 Å². The standard InChI is InChI=1S/C13H14F2N2O2/c1-8-6-13(2,19-17-8)7-16-12(18)10-4-3-9(14)5-11(10)15/h3-5H,6-7H2,1-2H3,(H,16,18)/t13-/m1/s1. The van der Waals surface area contributed by atoms with Crippen LogP contribution >= 0.6 is 0 Å². The maximum Gasteiger partial charge on any atom is 0.254 e. The maximum atomic E-state index is 13.4. The molecular weight excluding hydrogens is 254 g/mol. The molecule has 6 heteroatoms. The van der Waals surface area contributed by atoms with Gasteiger partial charge in [0, 0.05) is 12.5 Å². The predicted molar refractivity (Wildman–Crippen MR) is 65.9 cm³/mol. The Morgan fingerprint density at radius 3 is 2.84 bits per heavy atom. The van der Waals surface area contributed by atoms with Gasteiger partial charge < -0.3 is 10.2 Å². The van der Waals surface area contributed by atoms with Gasteiger partial charge in [-0.15, -0.1) is 0 Å². The van der Waals surface area contributed by atoms with Crippen molar-refractivity contribution in [3.63, 3.8) is 0 Å². The van der Waals surface area contributed by atoms with Crippen LogP contribution in [0.2, 0.25) is 0 Å². The molecule has 1 amide bonds. The number of oxime groups is 1. The number of amides is 1. The zero-order chi connectivity index (χ0) is 14.0. The minimum Gasteiger partial charge on any atom is -0.387 e. The first-order valence-electron chi connectivity index (χ1n) is 5.84. The number of hydrogen-bond donors (Lipinski definition) is 1. The third-order valence-corrected chi connectivity index (χ3v) is 2.85. The highest BCUT2D eigenvalue weighted by Crippen LogP contribution is 2.22. The van der Waals surface area contributed by atoms with Gasteiger partial charge in [0.1, 0.15) is 11.6 Å². The number of nitrogens with one attached hydrogen (secondary N) is 1. The number of benzene rings is 1. The van der Waals surface area contributed by atoms with Crippen LogP contribution in [0.3, 0.4) is 0 Å². The molecule has 4 nitrogen and oxygen atoms in total. The molecular formula is C13H14F2N2O2. The average molecular weight is 268 g/mol. The van der Waals surface area contributed by atoms with Gasteiger partial charge in [0.15, 0.2) is 5.60 Å². The van der Waals surface area contributed by atoms with Crippen molar-refractivity contribution in [3.05, 3.63) is 35.4 Å². The average Bonchev–Trinajstić information content (AvgIpc) is 2.67. The summed E-state index contributed by atoms with van der Waals surface area (Å²) < 4.78 is 26.1. The third-order valence-electron chi connectivity index (χ3n) is 2.85. The topological polar surface area (TPSA) is 50.7 Å². The van der Waals surface area contributed by atoms with E-state index in [0.29, 0.717) is 12.5 Å². The van der Waals surface area contributed by atoms with E-state index < -0.39 is 23.1 Å². The van der Waals surface area contributed by atoms with E-state index >= 15 is 0 Å². The fourth-order valence-corrected chi connectivity index (χ4v) is 1.92. The molecule has 1 atom stereocenters. The molecule has 0 aliphatic carbocycles. The van der Waals surface area contributed by atoms with E-state index in [9.17, 15) is 13.6 Å². The molecule has 102 valence electrons. The minimum absolute atomic E-state index is 0.194. The molecule has 1 aliphatic rings. The van der Waals surface area contributed by atoms with Crippen molar-refractivity contribution >= 4 is 11.6 Å². The molecule has 0 aromatic heterocycles. The lowest BCUT2D eigenvalue weighted by atomic mass is 10.0. The lowest BCUT2D eigenvalue weighted by Crippen LogP contribution is -2.41. The van der Waals surface area contributed by atoms with Crippen LogP contribution in [0.4, 0.5) is 8.78 Å². The van der Waals surface area contributed by atoms with Crippen molar-refractivity contribution in [2.24, 2.45) is 5.16 Å². The highest BCUT2D eigenvalue weighted by atomic mass is 19.1. The summed E-state index contributed by atoms with van der Waals surface area (Å²) in [5.74, 6) is -2.21. The first-order chi connectivity index (χ1) is 8.89. The SMILES string of the molecule is CC1=NO[C@@](C)(CNC(=O)c2ccc(F)cc2F)C1. The van der Waals surface area contributed by atoms with Crippen molar-refractivity contribution in [1.82, 2.24) is 5.32 Å². The van der Waals surface area contributed by atoms with Crippen LogP contribution in [0, 0.1) is 11.6 Å². The van der Waals surface area contributed by atoms with Crippen molar-refractivity contribution in [2.75, 3.05) is 6.54 Å². The fraction of sp³-hybridized carbons (Fsp3) is 0.385. The molecule has 1 heterocycles. The zero-order valence-electron chi connectivity index (χ0n) is 10.7. The molecule has 1 N–H and O–H groups in total. The summed E-state index contributed by atoms with van der Waals surface area (Å²) >= 11 is 0. The van der Waals surface area contributed by atoms with Crippen LogP contribution in [0.15, 0.2) is 23.4 Å². The third kappa shape index (κ3) is 3.07. The summed E-state index contributed by atoms with van der Waals surface area (Å²) in [7, 11) is 0. The van der Waals surface area contributed by atoms with Crippen LogP contribution in [0.5, 0.6) is 0 Å². The zero-order valence-corrected chi connectivity index (χ0v) is 10.7. The quantitative estimate of drug-likeness (QED) is 0.914. The molecule has 2 rings (SSSR count). The van der Waals surface area contributed by atoms with Gasteiger partial charge in [0.05, 0.1) is 17.8 Å². The van der Waals surface area contributed by atoms with Crippen molar-refractivity contribution in [2.45, 2.75) is 25.9 Å². The Kier molecular flexibility index (Phi) is 3.50. The largest absolute Gasteiger partial charge is 0.387 e. The summed E-state index contributed by atoms with van der Waals surface area (Å²) in [5.41, 5.74) is 0.0290. The van der Waals surface area contributed by atoms with Crippen LogP contribution in [-0.2, 0) is 4.84 Å². The number of carbonyl (C=O) groups excluding carboxylic acids is 1. The molecule has 1 aromatic carbocycles. The second kappa shape index (κ2) is 4.95. The first-order valence-corrected chi connectivity index (χ1v) is 5.84. The lowest BCUT2D eigenvalue weighted by molar-refractivity contribution is -0.00185. The van der Waals surface area contributed by atoms with Gasteiger partial charge in [0.25, 0.3) is 5.91 Å². The van der Waals surface area contributed by atoms with Crippen LogP contribution in [-0.4, -0.2) is 23.8 Å². The van der Waals surface area contributed by atoms with E-state index in [1.54, 1.807) is 6.92 Å². The molecule has 0 saturated heterocycles. The van der Waals surface area contributed by atoms with Crippen molar-refractivity contribution in [1.29, 1.82) is 0 Å². The summed E-state index contributed by atoms with van der Waals surface area (Å²) in [6, 6.07) is 2.83. The Labute approximate surface area is 109 Å². The second-order valence-electron chi connectivity index (χ2n) is 4.85. The monoisotopic (exact) mass is 268 g/mol. The van der Waals surface area contributed by atoms with Crippen LogP contribution in [0.25, 0.3) is 0 Å². The Balaban J connectivity index is 1.98. The van der Waals surface area contributed by atoms with E-state index in [2.05, 4.69) is 10.5 Å². The Morgan fingerprint density at radius 1 is 1.53 bits per heavy atom. The Bertz CT molecular complexity index is 545. The fourth-order valence-electron chi connectivity index (χ4n) is 1.92. The van der Waals surface area contributed by atoms with Gasteiger partial charge in [-0.05, 0) is 26.0 Å². The highest BCUT2D eigenvalue weighted by molar-refractivity contribution is 5.94. The number of halogens is 2. The van der Waals surface area contributed by atoms with Gasteiger partial charge in [-0.1, -0.05) is 5.16 Å². The van der Waals surface area contributed by atoms with E-state index in [-0.39, 0.29) is 12.1 Å². The van der Waals surface area contributed by atoms with Crippen LogP contribution < -0.4 is 5.32 Å². The van der Waals surface area contributed by atoms with Gasteiger partial charge in [0.2, 0.25) is 0 Å². The van der Waals surface area contributed by atoms with E-state index in [4.69, 9.17) is 4.84 Å². The molecule has 0 unspecified atom stereocenters. The summed E-state index contributed by atoms with van der Waals surface area (Å²) in [6.45, 7) is 3.82. The van der Waals surface area contributed by atoms with Gasteiger partial charge in [-0.25, -0.2) is 8.78 Å². The maximum absolute atomic E-state index is 13.4. The smallest absolute Gasteiger partial charge is 0.254 e. The van der Waals surface area contributed by atoms with E-state index in [0.717, 1.165) is 17.8 Å². The van der Waals surface area contributed by atoms with Crippen molar-refractivity contribution in [3.8, 4) is 0 Å². The summed E-state index contributed by atoms with van der Waals surface area (Å²) in [4.78, 5) is 17.0. The minimum atomic E-state index is -0.887. The number of carbonyl (C=O) groups is 1. The molecule has 19 heavy (non-hydrogen) atoms. The molecule has 0 fully saturated rings. The second-order valence-corrected chi connectivity index (χ2v) is 4.85. The molecule has 1 aliphatic heterocycles. The Morgan fingerprint density at radius 2 is 2.26 bits per heavy atom. The molecule has 0 saturated carbocycles. The van der Waals surface area contributed by atoms with Gasteiger partial charge in [-0.2, -0.15) is 0 Å². The van der Waals surface area contributed by atoms with Gasteiger partial charge >= 0.3 is 0 Å². The first kappa shape index (κ1) is 13.5. The van der Waals surface area contributed by atoms with Crippen LogP contribution in [0.1, 0.15) is 30.6 Å². The van der Waals surface area contributed by atoms with E-state index in [1.165, 1.54) is 0 Å². The number of nitrogens with zero attached hydrogens (tertiary/aromatic N) is 1.